The van der Waals surface area contributed by atoms with E-state index in [1.807, 2.05) is 0 Å². The number of hydrogen-bond acceptors (Lipinski definition) is 0. The molecule has 9 heavy (non-hydrogen) atoms. The maximum Gasteiger partial charge on any atom is 0.0843 e. The third kappa shape index (κ3) is 1.98. The van der Waals surface area contributed by atoms with Gasteiger partial charge < -0.3 is 5.73 Å². The largest absolute Gasteiger partial charge is 0.355 e. The standard InChI is InChI=1S/C8H17N/c1-7(9)8-5-3-2-4-6-8/h7-8H,2-6,9H2,1H3/p+1/t7-/m0/s1. The molecule has 1 rings (SSSR count). The summed E-state index contributed by atoms with van der Waals surface area (Å²) in [5.41, 5.74) is 4.06. The monoisotopic (exact) mass is 128 g/mol. The minimum absolute atomic E-state index is 0.685. The molecule has 0 aliphatic heterocycles. The summed E-state index contributed by atoms with van der Waals surface area (Å²) in [6.45, 7) is 2.25. The topological polar surface area (TPSA) is 27.6 Å². The summed E-state index contributed by atoms with van der Waals surface area (Å²) < 4.78 is 0. The second kappa shape index (κ2) is 3.21. The van der Waals surface area contributed by atoms with Gasteiger partial charge in [-0.05, 0) is 19.8 Å². The van der Waals surface area contributed by atoms with Crippen LogP contribution in [0.2, 0.25) is 0 Å². The molecule has 0 radical (unpaired) electrons. The van der Waals surface area contributed by atoms with Gasteiger partial charge in [0.2, 0.25) is 0 Å². The first kappa shape index (κ1) is 7.07. The first-order valence-corrected chi connectivity index (χ1v) is 4.14. The molecule has 54 valence electrons. The third-order valence-electron chi connectivity index (χ3n) is 2.45. The van der Waals surface area contributed by atoms with Crippen LogP contribution in [0.1, 0.15) is 39.0 Å². The van der Waals surface area contributed by atoms with Crippen LogP contribution >= 0.6 is 0 Å². The zero-order valence-corrected chi connectivity index (χ0v) is 6.40. The molecule has 0 aromatic rings. The molecule has 0 spiro atoms. The molecule has 1 heteroatoms. The Balaban J connectivity index is 2.23. The van der Waals surface area contributed by atoms with Crippen LogP contribution in [0, 0.1) is 5.92 Å². The minimum Gasteiger partial charge on any atom is -0.355 e. The molecule has 0 saturated heterocycles. The predicted molar refractivity (Wildman–Crippen MR) is 38.9 cm³/mol. The summed E-state index contributed by atoms with van der Waals surface area (Å²) in [6, 6.07) is 0.685. The Hall–Kier alpha value is -0.0400. The van der Waals surface area contributed by atoms with E-state index in [1.165, 1.54) is 32.1 Å². The number of rotatable bonds is 1. The average Bonchev–Trinajstić information content (AvgIpc) is 1.90. The highest BCUT2D eigenvalue weighted by Gasteiger charge is 2.18. The molecule has 0 heterocycles. The molecule has 1 fully saturated rings. The van der Waals surface area contributed by atoms with Crippen molar-refractivity contribution in [3.63, 3.8) is 0 Å². The van der Waals surface area contributed by atoms with Crippen molar-refractivity contribution < 1.29 is 5.73 Å². The fraction of sp³-hybridized carbons (Fsp3) is 1.00. The van der Waals surface area contributed by atoms with Crippen molar-refractivity contribution in [3.8, 4) is 0 Å². The smallest absolute Gasteiger partial charge is 0.0843 e. The Morgan fingerprint density at radius 1 is 1.22 bits per heavy atom. The Kier molecular flexibility index (Phi) is 2.52. The lowest BCUT2D eigenvalue weighted by Gasteiger charge is -2.22. The molecule has 0 aromatic heterocycles. The number of hydrogen-bond donors (Lipinski definition) is 1. The molecule has 0 aromatic carbocycles. The molecule has 0 bridgehead atoms. The van der Waals surface area contributed by atoms with E-state index >= 15 is 0 Å². The van der Waals surface area contributed by atoms with E-state index in [4.69, 9.17) is 0 Å². The van der Waals surface area contributed by atoms with E-state index in [-0.39, 0.29) is 0 Å². The third-order valence-corrected chi connectivity index (χ3v) is 2.45. The molecule has 1 aliphatic rings. The highest BCUT2D eigenvalue weighted by atomic mass is 14.6. The zero-order chi connectivity index (χ0) is 6.69. The average molecular weight is 128 g/mol. The SMILES string of the molecule is C[C@H]([NH3+])C1CCCCC1. The predicted octanol–water partition coefficient (Wildman–Crippen LogP) is 1.20. The van der Waals surface area contributed by atoms with Crippen LogP contribution in [-0.4, -0.2) is 6.04 Å². The lowest BCUT2D eigenvalue weighted by Crippen LogP contribution is -2.62. The second-order valence-corrected chi connectivity index (χ2v) is 3.38. The summed E-state index contributed by atoms with van der Waals surface area (Å²) in [6.07, 6.45) is 7.23. The van der Waals surface area contributed by atoms with Crippen LogP contribution < -0.4 is 5.73 Å². The van der Waals surface area contributed by atoms with Crippen LogP contribution in [0.3, 0.4) is 0 Å². The van der Waals surface area contributed by atoms with Crippen LogP contribution in [-0.2, 0) is 0 Å². The van der Waals surface area contributed by atoms with E-state index in [0.717, 1.165) is 5.92 Å². The van der Waals surface area contributed by atoms with Gasteiger partial charge >= 0.3 is 0 Å². The first-order valence-electron chi connectivity index (χ1n) is 4.14. The van der Waals surface area contributed by atoms with Gasteiger partial charge in [-0.15, -0.1) is 0 Å². The Morgan fingerprint density at radius 2 is 1.78 bits per heavy atom. The van der Waals surface area contributed by atoms with Gasteiger partial charge in [0.15, 0.2) is 0 Å². The molecular weight excluding hydrogens is 110 g/mol. The van der Waals surface area contributed by atoms with E-state index in [1.54, 1.807) is 0 Å². The summed E-state index contributed by atoms with van der Waals surface area (Å²) in [5, 5.41) is 0. The van der Waals surface area contributed by atoms with Gasteiger partial charge in [0.1, 0.15) is 0 Å². The van der Waals surface area contributed by atoms with Gasteiger partial charge in [-0.2, -0.15) is 0 Å². The molecule has 3 N–H and O–H groups in total. The maximum absolute atomic E-state index is 4.06. The van der Waals surface area contributed by atoms with E-state index in [0.29, 0.717) is 6.04 Å². The zero-order valence-electron chi connectivity index (χ0n) is 6.40. The minimum atomic E-state index is 0.685. The quantitative estimate of drug-likeness (QED) is 0.549. The fourth-order valence-corrected chi connectivity index (χ4v) is 1.70. The molecular formula is C8H18N+. The normalized spacial score (nSPS) is 26.0. The van der Waals surface area contributed by atoms with Crippen molar-refractivity contribution in [1.82, 2.24) is 0 Å². The summed E-state index contributed by atoms with van der Waals surface area (Å²) in [4.78, 5) is 0. The van der Waals surface area contributed by atoms with Gasteiger partial charge in [0.25, 0.3) is 0 Å². The molecule has 1 aliphatic carbocycles. The van der Waals surface area contributed by atoms with Crippen molar-refractivity contribution in [2.75, 3.05) is 0 Å². The summed E-state index contributed by atoms with van der Waals surface area (Å²) in [7, 11) is 0. The Morgan fingerprint density at radius 3 is 2.11 bits per heavy atom. The molecule has 1 saturated carbocycles. The van der Waals surface area contributed by atoms with Crippen LogP contribution in [0.4, 0.5) is 0 Å². The molecule has 1 atom stereocenters. The van der Waals surface area contributed by atoms with Crippen molar-refractivity contribution in [1.29, 1.82) is 0 Å². The van der Waals surface area contributed by atoms with Crippen LogP contribution in [0.15, 0.2) is 0 Å². The second-order valence-electron chi connectivity index (χ2n) is 3.38. The van der Waals surface area contributed by atoms with Crippen LogP contribution in [0.5, 0.6) is 0 Å². The van der Waals surface area contributed by atoms with E-state index in [9.17, 15) is 0 Å². The molecule has 1 nitrogen and oxygen atoms in total. The van der Waals surface area contributed by atoms with Gasteiger partial charge in [-0.25, -0.2) is 0 Å². The van der Waals surface area contributed by atoms with Gasteiger partial charge in [0, 0.05) is 5.92 Å². The summed E-state index contributed by atoms with van der Waals surface area (Å²) in [5.74, 6) is 0.943. The van der Waals surface area contributed by atoms with E-state index < -0.39 is 0 Å². The Labute approximate surface area is 57.6 Å². The van der Waals surface area contributed by atoms with Crippen molar-refractivity contribution >= 4 is 0 Å². The first-order chi connectivity index (χ1) is 4.30. The van der Waals surface area contributed by atoms with Crippen LogP contribution in [0.25, 0.3) is 0 Å². The lowest BCUT2D eigenvalue weighted by atomic mass is 9.85. The highest BCUT2D eigenvalue weighted by molar-refractivity contribution is 4.68. The van der Waals surface area contributed by atoms with Crippen molar-refractivity contribution in [2.45, 2.75) is 45.1 Å². The summed E-state index contributed by atoms with van der Waals surface area (Å²) >= 11 is 0. The lowest BCUT2D eigenvalue weighted by molar-refractivity contribution is -0.428. The maximum atomic E-state index is 4.06. The van der Waals surface area contributed by atoms with Gasteiger partial charge in [-0.1, -0.05) is 19.3 Å². The fourth-order valence-electron chi connectivity index (χ4n) is 1.70. The number of quaternary nitrogens is 1. The van der Waals surface area contributed by atoms with E-state index in [2.05, 4.69) is 12.7 Å². The van der Waals surface area contributed by atoms with Crippen molar-refractivity contribution in [3.05, 3.63) is 0 Å². The van der Waals surface area contributed by atoms with Gasteiger partial charge in [0.05, 0.1) is 6.04 Å². The molecule has 0 unspecified atom stereocenters. The Bertz CT molecular complexity index is 72.6. The van der Waals surface area contributed by atoms with Crippen molar-refractivity contribution in [2.24, 2.45) is 5.92 Å². The molecule has 0 amide bonds. The van der Waals surface area contributed by atoms with Gasteiger partial charge in [-0.3, -0.25) is 0 Å². The highest BCUT2D eigenvalue weighted by Crippen LogP contribution is 2.24.